The van der Waals surface area contributed by atoms with Gasteiger partial charge in [-0.1, -0.05) is 19.3 Å². The minimum atomic E-state index is -0.125. The number of carbonyl (C=O) groups is 2. The summed E-state index contributed by atoms with van der Waals surface area (Å²) >= 11 is 0. The van der Waals surface area contributed by atoms with Crippen molar-refractivity contribution in [2.24, 2.45) is 0 Å². The summed E-state index contributed by atoms with van der Waals surface area (Å²) in [6, 6.07) is 11.1. The van der Waals surface area contributed by atoms with Gasteiger partial charge in [0.2, 0.25) is 5.91 Å². The molecule has 1 aliphatic rings. The van der Waals surface area contributed by atoms with Gasteiger partial charge in [0.25, 0.3) is 5.91 Å². The third-order valence-electron chi connectivity index (χ3n) is 4.58. The molecule has 26 heavy (non-hydrogen) atoms. The highest BCUT2D eigenvalue weighted by Crippen LogP contribution is 2.18. The lowest BCUT2D eigenvalue weighted by atomic mass is 9.95. The van der Waals surface area contributed by atoms with Gasteiger partial charge in [-0.2, -0.15) is 0 Å². The molecule has 3 rings (SSSR count). The standard InChI is InChI=1S/C20H25N3O3/c24-19(22-13-18-7-4-12-26-18)14-21-16-10-8-15(9-11-16)20(25)23-17-5-2-1-3-6-17/h4,7-12,17,21H,1-3,5-6,13-14H2,(H,22,24)(H,23,25). The van der Waals surface area contributed by atoms with Crippen molar-refractivity contribution >= 4 is 17.5 Å². The molecule has 1 aromatic carbocycles. The average molecular weight is 355 g/mol. The Morgan fingerprint density at radius 1 is 1.04 bits per heavy atom. The summed E-state index contributed by atoms with van der Waals surface area (Å²) in [5.74, 6) is 0.562. The number of hydrogen-bond acceptors (Lipinski definition) is 4. The molecule has 2 aromatic rings. The summed E-state index contributed by atoms with van der Waals surface area (Å²) in [4.78, 5) is 24.1. The lowest BCUT2D eigenvalue weighted by Crippen LogP contribution is -2.36. The van der Waals surface area contributed by atoms with E-state index in [-0.39, 0.29) is 18.4 Å². The molecule has 0 radical (unpaired) electrons. The van der Waals surface area contributed by atoms with Gasteiger partial charge < -0.3 is 20.4 Å². The van der Waals surface area contributed by atoms with Gasteiger partial charge in [0.15, 0.2) is 0 Å². The van der Waals surface area contributed by atoms with Gasteiger partial charge in [-0.15, -0.1) is 0 Å². The van der Waals surface area contributed by atoms with E-state index < -0.39 is 0 Å². The van der Waals surface area contributed by atoms with Gasteiger partial charge in [0.05, 0.1) is 19.4 Å². The molecule has 0 saturated heterocycles. The second-order valence-electron chi connectivity index (χ2n) is 6.60. The summed E-state index contributed by atoms with van der Waals surface area (Å²) in [5, 5.41) is 8.92. The molecular formula is C20H25N3O3. The normalized spacial score (nSPS) is 14.6. The molecule has 0 aliphatic heterocycles. The van der Waals surface area contributed by atoms with E-state index in [4.69, 9.17) is 4.42 Å². The van der Waals surface area contributed by atoms with Crippen LogP contribution in [-0.2, 0) is 11.3 Å². The van der Waals surface area contributed by atoms with Gasteiger partial charge in [-0.05, 0) is 49.2 Å². The Labute approximate surface area is 153 Å². The molecule has 1 fully saturated rings. The Morgan fingerprint density at radius 3 is 2.50 bits per heavy atom. The molecule has 0 bridgehead atoms. The summed E-state index contributed by atoms with van der Waals surface area (Å²) in [6.07, 6.45) is 7.36. The van der Waals surface area contributed by atoms with Crippen LogP contribution in [-0.4, -0.2) is 24.4 Å². The Bertz CT molecular complexity index is 704. The molecule has 138 valence electrons. The highest BCUT2D eigenvalue weighted by atomic mass is 16.3. The Hall–Kier alpha value is -2.76. The van der Waals surface area contributed by atoms with Crippen LogP contribution in [0.25, 0.3) is 0 Å². The van der Waals surface area contributed by atoms with Crippen LogP contribution in [0, 0.1) is 0 Å². The Balaban J connectivity index is 1.42. The molecule has 1 heterocycles. The summed E-state index contributed by atoms with van der Waals surface area (Å²) < 4.78 is 5.16. The fourth-order valence-electron chi connectivity index (χ4n) is 3.10. The maximum atomic E-state index is 12.3. The molecular weight excluding hydrogens is 330 g/mol. The number of carbonyl (C=O) groups excluding carboxylic acids is 2. The topological polar surface area (TPSA) is 83.4 Å². The van der Waals surface area contributed by atoms with Crippen LogP contribution >= 0.6 is 0 Å². The first-order chi connectivity index (χ1) is 12.7. The molecule has 2 amide bonds. The molecule has 6 nitrogen and oxygen atoms in total. The van der Waals surface area contributed by atoms with E-state index in [0.717, 1.165) is 18.5 Å². The van der Waals surface area contributed by atoms with E-state index in [1.807, 2.05) is 18.2 Å². The SMILES string of the molecule is O=C(CNc1ccc(C(=O)NC2CCCCC2)cc1)NCc1ccco1. The van der Waals surface area contributed by atoms with Crippen molar-refractivity contribution in [3.05, 3.63) is 54.0 Å². The first-order valence-corrected chi connectivity index (χ1v) is 9.14. The quantitative estimate of drug-likeness (QED) is 0.713. The maximum absolute atomic E-state index is 12.3. The van der Waals surface area contributed by atoms with E-state index in [1.165, 1.54) is 19.3 Å². The minimum absolute atomic E-state index is 0.0281. The van der Waals surface area contributed by atoms with Crippen molar-refractivity contribution in [1.29, 1.82) is 0 Å². The number of benzene rings is 1. The van der Waals surface area contributed by atoms with Crippen LogP contribution in [0.5, 0.6) is 0 Å². The van der Waals surface area contributed by atoms with Crippen LogP contribution < -0.4 is 16.0 Å². The number of furan rings is 1. The lowest BCUT2D eigenvalue weighted by molar-refractivity contribution is -0.119. The summed E-state index contributed by atoms with van der Waals surface area (Å²) in [5.41, 5.74) is 1.44. The van der Waals surface area contributed by atoms with Crippen molar-refractivity contribution in [3.8, 4) is 0 Å². The maximum Gasteiger partial charge on any atom is 0.251 e. The smallest absolute Gasteiger partial charge is 0.251 e. The van der Waals surface area contributed by atoms with Crippen molar-refractivity contribution in [2.75, 3.05) is 11.9 Å². The largest absolute Gasteiger partial charge is 0.467 e. The number of hydrogen-bond donors (Lipinski definition) is 3. The molecule has 1 aromatic heterocycles. The second-order valence-corrected chi connectivity index (χ2v) is 6.60. The zero-order chi connectivity index (χ0) is 18.2. The first kappa shape index (κ1) is 18.0. The summed E-state index contributed by atoms with van der Waals surface area (Å²) in [7, 11) is 0. The van der Waals surface area contributed by atoms with Gasteiger partial charge in [-0.25, -0.2) is 0 Å². The first-order valence-electron chi connectivity index (χ1n) is 9.14. The zero-order valence-electron chi connectivity index (χ0n) is 14.8. The molecule has 0 unspecified atom stereocenters. The summed E-state index contributed by atoms with van der Waals surface area (Å²) in [6.45, 7) is 0.530. The van der Waals surface area contributed by atoms with Gasteiger partial charge in [0, 0.05) is 17.3 Å². The molecule has 0 atom stereocenters. The van der Waals surface area contributed by atoms with Crippen LogP contribution in [0.2, 0.25) is 0 Å². The fraction of sp³-hybridized carbons (Fsp3) is 0.400. The zero-order valence-corrected chi connectivity index (χ0v) is 14.8. The number of anilines is 1. The average Bonchev–Trinajstić information content (AvgIpc) is 3.19. The van der Waals surface area contributed by atoms with Gasteiger partial charge in [0.1, 0.15) is 5.76 Å². The van der Waals surface area contributed by atoms with Gasteiger partial charge in [-0.3, -0.25) is 9.59 Å². The molecule has 1 aliphatic carbocycles. The lowest BCUT2D eigenvalue weighted by Gasteiger charge is -2.22. The minimum Gasteiger partial charge on any atom is -0.467 e. The van der Waals surface area contributed by atoms with Crippen LogP contribution in [0.3, 0.4) is 0 Å². The second kappa shape index (κ2) is 9.08. The Morgan fingerprint density at radius 2 is 1.81 bits per heavy atom. The van der Waals surface area contributed by atoms with Crippen molar-refractivity contribution in [2.45, 2.75) is 44.7 Å². The van der Waals surface area contributed by atoms with Crippen LogP contribution in [0.1, 0.15) is 48.2 Å². The van der Waals surface area contributed by atoms with Crippen molar-refractivity contribution in [1.82, 2.24) is 10.6 Å². The molecule has 3 N–H and O–H groups in total. The van der Waals surface area contributed by atoms with Crippen molar-refractivity contribution < 1.29 is 14.0 Å². The fourth-order valence-corrected chi connectivity index (χ4v) is 3.10. The molecule has 6 heteroatoms. The monoisotopic (exact) mass is 355 g/mol. The van der Waals surface area contributed by atoms with E-state index in [9.17, 15) is 9.59 Å². The highest BCUT2D eigenvalue weighted by Gasteiger charge is 2.16. The molecule has 0 spiro atoms. The number of amides is 2. The predicted octanol–water partition coefficient (Wildman–Crippen LogP) is 3.07. The van der Waals surface area contributed by atoms with Crippen LogP contribution in [0.4, 0.5) is 5.69 Å². The van der Waals surface area contributed by atoms with Gasteiger partial charge >= 0.3 is 0 Å². The Kier molecular flexibility index (Phi) is 6.30. The van der Waals surface area contributed by atoms with E-state index in [2.05, 4.69) is 16.0 Å². The van der Waals surface area contributed by atoms with E-state index in [1.54, 1.807) is 24.5 Å². The van der Waals surface area contributed by atoms with E-state index in [0.29, 0.717) is 23.9 Å². The number of rotatable bonds is 7. The van der Waals surface area contributed by atoms with Crippen molar-refractivity contribution in [3.63, 3.8) is 0 Å². The predicted molar refractivity (Wildman–Crippen MR) is 99.8 cm³/mol. The third kappa shape index (κ3) is 5.37. The highest BCUT2D eigenvalue weighted by molar-refractivity contribution is 5.94. The molecule has 1 saturated carbocycles. The van der Waals surface area contributed by atoms with E-state index >= 15 is 0 Å². The third-order valence-corrected chi connectivity index (χ3v) is 4.58. The number of nitrogens with one attached hydrogen (secondary N) is 3. The van der Waals surface area contributed by atoms with Crippen LogP contribution in [0.15, 0.2) is 47.1 Å².